The van der Waals surface area contributed by atoms with Crippen LogP contribution in [-0.2, 0) is 6.54 Å². The highest BCUT2D eigenvalue weighted by Crippen LogP contribution is 2.19. The van der Waals surface area contributed by atoms with Gasteiger partial charge in [-0.2, -0.15) is 0 Å². The van der Waals surface area contributed by atoms with Gasteiger partial charge in [-0.25, -0.2) is 4.98 Å². The summed E-state index contributed by atoms with van der Waals surface area (Å²) in [6, 6.07) is 3.01. The molecule has 0 radical (unpaired) electrons. The normalized spacial score (nSPS) is 10.5. The summed E-state index contributed by atoms with van der Waals surface area (Å²) in [7, 11) is 0. The van der Waals surface area contributed by atoms with Gasteiger partial charge in [-0.3, -0.25) is 4.79 Å². The molecule has 0 aromatic carbocycles. The van der Waals surface area contributed by atoms with E-state index in [0.717, 1.165) is 4.88 Å². The Morgan fingerprint density at radius 3 is 3.00 bits per heavy atom. The van der Waals surface area contributed by atoms with Gasteiger partial charge in [0.25, 0.3) is 5.56 Å². The van der Waals surface area contributed by atoms with Crippen molar-refractivity contribution in [3.63, 3.8) is 0 Å². The summed E-state index contributed by atoms with van der Waals surface area (Å²) < 4.78 is 1.51. The smallest absolute Gasteiger partial charge is 0.250 e. The molecule has 0 aliphatic heterocycles. The van der Waals surface area contributed by atoms with Gasteiger partial charge in [0.1, 0.15) is 5.15 Å². The molecule has 0 aliphatic carbocycles. The van der Waals surface area contributed by atoms with Crippen molar-refractivity contribution in [2.75, 3.05) is 5.73 Å². The molecule has 0 saturated heterocycles. The first-order valence-corrected chi connectivity index (χ1v) is 5.46. The number of thiazole rings is 1. The van der Waals surface area contributed by atoms with Crippen LogP contribution < -0.4 is 11.3 Å². The van der Waals surface area contributed by atoms with Crippen LogP contribution in [0.2, 0.25) is 5.15 Å². The Hall–Kier alpha value is -1.33. The minimum absolute atomic E-state index is 0.103. The van der Waals surface area contributed by atoms with Gasteiger partial charge in [-0.05, 0) is 6.07 Å². The predicted octanol–water partition coefficient (Wildman–Crippen LogP) is 1.59. The SMILES string of the molecule is Nc1ccc(=O)n(Cc2scnc2Cl)c1. The van der Waals surface area contributed by atoms with E-state index >= 15 is 0 Å². The molecule has 2 aromatic rings. The lowest BCUT2D eigenvalue weighted by atomic mass is 10.4. The molecule has 2 heterocycles. The number of rotatable bonds is 2. The fourth-order valence-electron chi connectivity index (χ4n) is 1.19. The van der Waals surface area contributed by atoms with Crippen molar-refractivity contribution in [1.29, 1.82) is 0 Å². The number of aromatic nitrogens is 2. The van der Waals surface area contributed by atoms with Gasteiger partial charge < -0.3 is 10.3 Å². The fraction of sp³-hybridized carbons (Fsp3) is 0.111. The van der Waals surface area contributed by atoms with E-state index in [9.17, 15) is 4.79 Å². The molecule has 2 N–H and O–H groups in total. The topological polar surface area (TPSA) is 60.9 Å². The standard InChI is InChI=1S/C9H8ClN3OS/c10-9-7(15-5-12-9)4-13-3-6(11)1-2-8(13)14/h1-3,5H,4,11H2. The number of nitrogens with two attached hydrogens (primary N) is 1. The van der Waals surface area contributed by atoms with Gasteiger partial charge in [0.2, 0.25) is 0 Å². The Kier molecular flexibility index (Phi) is 2.75. The van der Waals surface area contributed by atoms with Crippen LogP contribution >= 0.6 is 22.9 Å². The quantitative estimate of drug-likeness (QED) is 0.869. The van der Waals surface area contributed by atoms with Crippen LogP contribution in [-0.4, -0.2) is 9.55 Å². The van der Waals surface area contributed by atoms with E-state index < -0.39 is 0 Å². The summed E-state index contributed by atoms with van der Waals surface area (Å²) in [5.74, 6) is 0. The van der Waals surface area contributed by atoms with Crippen LogP contribution in [0.4, 0.5) is 5.69 Å². The Morgan fingerprint density at radius 1 is 1.53 bits per heavy atom. The lowest BCUT2D eigenvalue weighted by Gasteiger charge is -2.04. The summed E-state index contributed by atoms with van der Waals surface area (Å²) in [4.78, 5) is 16.2. The molecule has 0 spiro atoms. The van der Waals surface area contributed by atoms with Crippen LogP contribution in [0.3, 0.4) is 0 Å². The van der Waals surface area contributed by atoms with E-state index in [1.807, 2.05) is 0 Å². The summed E-state index contributed by atoms with van der Waals surface area (Å²) in [6.45, 7) is 0.410. The highest BCUT2D eigenvalue weighted by Gasteiger charge is 2.05. The third kappa shape index (κ3) is 2.19. The number of hydrogen-bond donors (Lipinski definition) is 1. The zero-order chi connectivity index (χ0) is 10.8. The molecule has 0 unspecified atom stereocenters. The highest BCUT2D eigenvalue weighted by atomic mass is 35.5. The lowest BCUT2D eigenvalue weighted by Crippen LogP contribution is -2.19. The Labute approximate surface area is 94.9 Å². The molecule has 0 bridgehead atoms. The second-order valence-corrected chi connectivity index (χ2v) is 4.29. The Bertz CT molecular complexity index is 534. The maximum Gasteiger partial charge on any atom is 0.250 e. The van der Waals surface area contributed by atoms with Crippen LogP contribution in [0.5, 0.6) is 0 Å². The monoisotopic (exact) mass is 241 g/mol. The second kappa shape index (κ2) is 4.04. The average molecular weight is 242 g/mol. The molecule has 15 heavy (non-hydrogen) atoms. The van der Waals surface area contributed by atoms with Crippen molar-refractivity contribution in [1.82, 2.24) is 9.55 Å². The maximum absolute atomic E-state index is 11.5. The third-order valence-electron chi connectivity index (χ3n) is 1.91. The molecule has 0 saturated carbocycles. The van der Waals surface area contributed by atoms with Crippen molar-refractivity contribution >= 4 is 28.6 Å². The summed E-state index contributed by atoms with van der Waals surface area (Å²) in [6.07, 6.45) is 1.60. The van der Waals surface area contributed by atoms with E-state index in [1.54, 1.807) is 17.8 Å². The molecule has 4 nitrogen and oxygen atoms in total. The molecule has 0 fully saturated rings. The average Bonchev–Trinajstić information content (AvgIpc) is 2.58. The molecule has 78 valence electrons. The van der Waals surface area contributed by atoms with Crippen molar-refractivity contribution in [3.8, 4) is 0 Å². The molecule has 2 rings (SSSR count). The maximum atomic E-state index is 11.5. The summed E-state index contributed by atoms with van der Waals surface area (Å²) in [5, 5.41) is 0.439. The van der Waals surface area contributed by atoms with Gasteiger partial charge in [0.05, 0.1) is 16.9 Å². The van der Waals surface area contributed by atoms with Crippen molar-refractivity contribution in [3.05, 3.63) is 44.2 Å². The van der Waals surface area contributed by atoms with E-state index in [2.05, 4.69) is 4.98 Å². The van der Waals surface area contributed by atoms with Crippen LogP contribution in [0.1, 0.15) is 4.88 Å². The number of nitrogen functional groups attached to an aromatic ring is 1. The van der Waals surface area contributed by atoms with Crippen molar-refractivity contribution in [2.24, 2.45) is 0 Å². The van der Waals surface area contributed by atoms with Gasteiger partial charge in [-0.1, -0.05) is 11.6 Å². The van der Waals surface area contributed by atoms with Gasteiger partial charge in [0.15, 0.2) is 0 Å². The van der Waals surface area contributed by atoms with Crippen molar-refractivity contribution < 1.29 is 0 Å². The molecular weight excluding hydrogens is 234 g/mol. The molecule has 0 atom stereocenters. The summed E-state index contributed by atoms with van der Waals surface area (Å²) >= 11 is 7.25. The van der Waals surface area contributed by atoms with Crippen LogP contribution in [0, 0.1) is 0 Å². The van der Waals surface area contributed by atoms with E-state index in [0.29, 0.717) is 17.4 Å². The molecule has 0 aliphatic rings. The zero-order valence-electron chi connectivity index (χ0n) is 7.68. The lowest BCUT2D eigenvalue weighted by molar-refractivity contribution is 0.771. The fourth-order valence-corrected chi connectivity index (χ4v) is 2.14. The van der Waals surface area contributed by atoms with Crippen LogP contribution in [0.25, 0.3) is 0 Å². The van der Waals surface area contributed by atoms with E-state index in [4.69, 9.17) is 17.3 Å². The van der Waals surface area contributed by atoms with Gasteiger partial charge in [-0.15, -0.1) is 11.3 Å². The van der Waals surface area contributed by atoms with Gasteiger partial charge in [0, 0.05) is 18.0 Å². The first-order chi connectivity index (χ1) is 7.16. The largest absolute Gasteiger partial charge is 0.398 e. The molecular formula is C9H8ClN3OS. The molecule has 6 heteroatoms. The predicted molar refractivity (Wildman–Crippen MR) is 61.3 cm³/mol. The number of anilines is 1. The Balaban J connectivity index is 2.36. The van der Waals surface area contributed by atoms with Gasteiger partial charge >= 0.3 is 0 Å². The Morgan fingerprint density at radius 2 is 2.33 bits per heavy atom. The van der Waals surface area contributed by atoms with E-state index in [-0.39, 0.29) is 5.56 Å². The first kappa shape index (κ1) is 10.2. The third-order valence-corrected chi connectivity index (χ3v) is 3.17. The zero-order valence-corrected chi connectivity index (χ0v) is 9.26. The van der Waals surface area contributed by atoms with Crippen LogP contribution in [0.15, 0.2) is 28.6 Å². The first-order valence-electron chi connectivity index (χ1n) is 4.20. The number of halogens is 1. The molecule has 0 amide bonds. The highest BCUT2D eigenvalue weighted by molar-refractivity contribution is 7.10. The summed E-state index contributed by atoms with van der Waals surface area (Å²) in [5.41, 5.74) is 7.69. The minimum atomic E-state index is -0.103. The number of nitrogens with zero attached hydrogens (tertiary/aromatic N) is 2. The van der Waals surface area contributed by atoms with Crippen molar-refractivity contribution in [2.45, 2.75) is 6.54 Å². The number of hydrogen-bond acceptors (Lipinski definition) is 4. The number of pyridine rings is 1. The second-order valence-electron chi connectivity index (χ2n) is 2.99. The minimum Gasteiger partial charge on any atom is -0.398 e. The van der Waals surface area contributed by atoms with E-state index in [1.165, 1.54) is 22.0 Å². The molecule has 2 aromatic heterocycles.